The molecule has 0 unspecified atom stereocenters. The molecular formula is C17H15F2N3O5. The molecule has 2 aromatic rings. The Bertz CT molecular complexity index is 904. The third-order valence-corrected chi connectivity index (χ3v) is 3.60. The largest absolute Gasteiger partial charge is 0.452 e. The fraction of sp³-hybridized carbons (Fsp3) is 0.176. The van der Waals surface area contributed by atoms with Gasteiger partial charge in [-0.15, -0.1) is 0 Å². The minimum Gasteiger partial charge on any atom is -0.452 e. The zero-order valence-corrected chi connectivity index (χ0v) is 14.1. The average Bonchev–Trinajstić information content (AvgIpc) is 2.59. The summed E-state index contributed by atoms with van der Waals surface area (Å²) in [4.78, 5) is 33.8. The molecule has 0 saturated heterocycles. The maximum Gasteiger partial charge on any atom is 0.338 e. The van der Waals surface area contributed by atoms with Gasteiger partial charge < -0.3 is 15.8 Å². The van der Waals surface area contributed by atoms with Gasteiger partial charge >= 0.3 is 5.97 Å². The van der Waals surface area contributed by atoms with Gasteiger partial charge in [0.15, 0.2) is 6.61 Å². The first kappa shape index (κ1) is 19.8. The highest BCUT2D eigenvalue weighted by Gasteiger charge is 2.19. The van der Waals surface area contributed by atoms with Gasteiger partial charge in [-0.1, -0.05) is 6.07 Å². The number of ether oxygens (including phenoxy) is 1. The van der Waals surface area contributed by atoms with Gasteiger partial charge in [-0.05, 0) is 25.1 Å². The van der Waals surface area contributed by atoms with E-state index in [4.69, 9.17) is 10.5 Å². The van der Waals surface area contributed by atoms with Crippen molar-refractivity contribution in [1.29, 1.82) is 0 Å². The lowest BCUT2D eigenvalue weighted by Gasteiger charge is -2.15. The van der Waals surface area contributed by atoms with Gasteiger partial charge in [-0.2, -0.15) is 0 Å². The number of hydrogen-bond donors (Lipinski definition) is 2. The van der Waals surface area contributed by atoms with Gasteiger partial charge in [0.25, 0.3) is 11.6 Å². The van der Waals surface area contributed by atoms with Crippen molar-refractivity contribution in [3.05, 3.63) is 69.3 Å². The topological polar surface area (TPSA) is 125 Å². The molecule has 27 heavy (non-hydrogen) atoms. The minimum atomic E-state index is -0.964. The number of nitro benzene ring substituents is 1. The molecule has 0 spiro atoms. The van der Waals surface area contributed by atoms with Crippen LogP contribution < -0.4 is 11.1 Å². The molecule has 0 aliphatic heterocycles. The second kappa shape index (κ2) is 8.21. The second-order valence-corrected chi connectivity index (χ2v) is 5.56. The number of benzene rings is 2. The molecule has 1 atom stereocenters. The number of halogens is 2. The number of hydrogen-bond acceptors (Lipinski definition) is 6. The summed E-state index contributed by atoms with van der Waals surface area (Å²) < 4.78 is 31.4. The van der Waals surface area contributed by atoms with E-state index in [1.54, 1.807) is 0 Å². The second-order valence-electron chi connectivity index (χ2n) is 5.56. The fourth-order valence-corrected chi connectivity index (χ4v) is 2.26. The van der Waals surface area contributed by atoms with Crippen molar-refractivity contribution in [2.24, 2.45) is 0 Å². The lowest BCUT2D eigenvalue weighted by Crippen LogP contribution is -2.31. The van der Waals surface area contributed by atoms with Crippen LogP contribution in [0.2, 0.25) is 0 Å². The molecule has 2 rings (SSSR count). The smallest absolute Gasteiger partial charge is 0.338 e. The summed E-state index contributed by atoms with van der Waals surface area (Å²) in [7, 11) is 0. The van der Waals surface area contributed by atoms with Crippen LogP contribution in [0.1, 0.15) is 28.9 Å². The van der Waals surface area contributed by atoms with Gasteiger partial charge in [-0.25, -0.2) is 13.6 Å². The first-order valence-electron chi connectivity index (χ1n) is 7.64. The molecule has 0 radical (unpaired) electrons. The van der Waals surface area contributed by atoms with Gasteiger partial charge in [0.2, 0.25) is 0 Å². The van der Waals surface area contributed by atoms with Gasteiger partial charge in [0, 0.05) is 17.7 Å². The van der Waals surface area contributed by atoms with E-state index >= 15 is 0 Å². The monoisotopic (exact) mass is 379 g/mol. The number of rotatable bonds is 6. The van der Waals surface area contributed by atoms with Crippen molar-refractivity contribution in [1.82, 2.24) is 5.32 Å². The fourth-order valence-electron chi connectivity index (χ4n) is 2.26. The summed E-state index contributed by atoms with van der Waals surface area (Å²) in [6.45, 7) is 0.781. The van der Waals surface area contributed by atoms with Gasteiger partial charge in [0.1, 0.15) is 17.3 Å². The normalized spacial score (nSPS) is 11.5. The minimum absolute atomic E-state index is 0.0604. The molecule has 0 aromatic heterocycles. The Kier molecular flexibility index (Phi) is 6.01. The number of nitrogen functional groups attached to an aromatic ring is 1. The number of nitro groups is 1. The van der Waals surface area contributed by atoms with Gasteiger partial charge in [-0.3, -0.25) is 14.9 Å². The molecule has 0 aliphatic carbocycles. The molecular weight excluding hydrogens is 364 g/mol. The summed E-state index contributed by atoms with van der Waals surface area (Å²) in [5, 5.41) is 13.2. The van der Waals surface area contributed by atoms with E-state index in [0.717, 1.165) is 12.1 Å². The lowest BCUT2D eigenvalue weighted by atomic mass is 10.1. The number of nitrogens with zero attached hydrogens (tertiary/aromatic N) is 1. The van der Waals surface area contributed by atoms with Crippen LogP contribution in [0.15, 0.2) is 36.4 Å². The van der Waals surface area contributed by atoms with E-state index in [2.05, 4.69) is 5.32 Å². The van der Waals surface area contributed by atoms with Crippen LogP contribution >= 0.6 is 0 Å². The maximum atomic E-state index is 13.7. The Balaban J connectivity index is 1.96. The Morgan fingerprint density at radius 2 is 1.96 bits per heavy atom. The third-order valence-electron chi connectivity index (χ3n) is 3.60. The van der Waals surface area contributed by atoms with E-state index in [1.807, 2.05) is 0 Å². The number of anilines is 1. The summed E-state index contributed by atoms with van der Waals surface area (Å²) in [5.74, 6) is -3.27. The zero-order valence-electron chi connectivity index (χ0n) is 14.1. The molecule has 0 bridgehead atoms. The molecule has 1 amide bonds. The quantitative estimate of drug-likeness (QED) is 0.344. The van der Waals surface area contributed by atoms with E-state index in [9.17, 15) is 28.5 Å². The van der Waals surface area contributed by atoms with Crippen LogP contribution in [0.25, 0.3) is 0 Å². The van der Waals surface area contributed by atoms with E-state index < -0.39 is 46.8 Å². The van der Waals surface area contributed by atoms with Crippen LogP contribution in [0.5, 0.6) is 0 Å². The van der Waals surface area contributed by atoms with Crippen molar-refractivity contribution in [3.8, 4) is 0 Å². The highest BCUT2D eigenvalue weighted by Crippen LogP contribution is 2.22. The Labute approximate surface area is 152 Å². The third kappa shape index (κ3) is 4.97. The maximum absolute atomic E-state index is 13.7. The molecule has 2 aromatic carbocycles. The molecule has 10 heteroatoms. The SMILES string of the molecule is C[C@H](NC(=O)COC(=O)c1ccc(N)c([N+](=O)[O-])c1)c1ccc(F)cc1F. The van der Waals surface area contributed by atoms with Crippen molar-refractivity contribution in [2.75, 3.05) is 12.3 Å². The average molecular weight is 379 g/mol. The standard InChI is InChI=1S/C17H15F2N3O5/c1-9(12-4-3-11(18)7-13(12)19)21-16(23)8-27-17(24)10-2-5-14(20)15(6-10)22(25)26/h2-7,9H,8,20H2,1H3,(H,21,23)/t9-/m0/s1. The highest BCUT2D eigenvalue weighted by molar-refractivity contribution is 5.92. The molecule has 8 nitrogen and oxygen atoms in total. The Morgan fingerprint density at radius 3 is 2.59 bits per heavy atom. The summed E-state index contributed by atoms with van der Waals surface area (Å²) in [5.41, 5.74) is 4.76. The van der Waals surface area contributed by atoms with E-state index in [1.165, 1.54) is 25.1 Å². The van der Waals surface area contributed by atoms with E-state index in [0.29, 0.717) is 6.07 Å². The van der Waals surface area contributed by atoms with Crippen LogP contribution in [0.4, 0.5) is 20.2 Å². The van der Waals surface area contributed by atoms with Crippen LogP contribution in [-0.2, 0) is 9.53 Å². The first-order valence-corrected chi connectivity index (χ1v) is 7.64. The number of nitrogens with two attached hydrogens (primary N) is 1. The van der Waals surface area contributed by atoms with Crippen LogP contribution in [-0.4, -0.2) is 23.4 Å². The number of carbonyl (C=O) groups is 2. The van der Waals surface area contributed by atoms with E-state index in [-0.39, 0.29) is 16.8 Å². The summed E-state index contributed by atoms with van der Waals surface area (Å²) in [6, 6.07) is 5.46. The highest BCUT2D eigenvalue weighted by atomic mass is 19.1. The van der Waals surface area contributed by atoms with Crippen LogP contribution in [0.3, 0.4) is 0 Å². The molecule has 0 heterocycles. The number of nitrogens with one attached hydrogen (secondary N) is 1. The predicted molar refractivity (Wildman–Crippen MR) is 90.7 cm³/mol. The molecule has 0 saturated carbocycles. The van der Waals surface area contributed by atoms with Crippen molar-refractivity contribution in [3.63, 3.8) is 0 Å². The summed E-state index contributed by atoms with van der Waals surface area (Å²) >= 11 is 0. The molecule has 0 aliphatic rings. The Hall–Kier alpha value is -3.56. The number of amides is 1. The molecule has 3 N–H and O–H groups in total. The zero-order chi connectivity index (χ0) is 20.1. The lowest BCUT2D eigenvalue weighted by molar-refractivity contribution is -0.383. The first-order chi connectivity index (χ1) is 12.7. The van der Waals surface area contributed by atoms with Crippen LogP contribution in [0, 0.1) is 21.7 Å². The van der Waals surface area contributed by atoms with Crippen molar-refractivity contribution < 1.29 is 28.0 Å². The summed E-state index contributed by atoms with van der Waals surface area (Å²) in [6.07, 6.45) is 0. The number of carbonyl (C=O) groups excluding carboxylic acids is 2. The predicted octanol–water partition coefficient (Wildman–Crippen LogP) is 2.49. The molecule has 142 valence electrons. The molecule has 0 fully saturated rings. The Morgan fingerprint density at radius 1 is 1.26 bits per heavy atom. The van der Waals surface area contributed by atoms with Gasteiger partial charge in [0.05, 0.1) is 16.5 Å². The van der Waals surface area contributed by atoms with Crippen molar-refractivity contribution in [2.45, 2.75) is 13.0 Å². The number of esters is 1. The van der Waals surface area contributed by atoms with Crippen molar-refractivity contribution >= 4 is 23.3 Å².